The second kappa shape index (κ2) is 30.8. The molecule has 0 aliphatic carbocycles. The number of aliphatic hydroxyl groups is 3. The number of benzene rings is 1. The summed E-state index contributed by atoms with van der Waals surface area (Å²) in [4.78, 5) is 152. The van der Waals surface area contributed by atoms with Gasteiger partial charge in [-0.15, -0.1) is 0 Å². The van der Waals surface area contributed by atoms with E-state index >= 15 is 0 Å². The summed E-state index contributed by atoms with van der Waals surface area (Å²) in [6.07, 6.45) is -8.76. The van der Waals surface area contributed by atoms with E-state index in [1.165, 1.54) is 27.7 Å². The van der Waals surface area contributed by atoms with Crippen molar-refractivity contribution in [1.82, 2.24) is 53.2 Å². The van der Waals surface area contributed by atoms with Gasteiger partial charge >= 0.3 is 5.97 Å². The molecule has 13 N–H and O–H groups in total. The summed E-state index contributed by atoms with van der Waals surface area (Å²) in [6, 6.07) is 3.38. The van der Waals surface area contributed by atoms with Crippen LogP contribution >= 0.6 is 0 Å². The van der Waals surface area contributed by atoms with Crippen molar-refractivity contribution in [2.75, 3.05) is 59.0 Å². The van der Waals surface area contributed by atoms with Crippen molar-refractivity contribution in [3.05, 3.63) is 35.9 Å². The Morgan fingerprint density at radius 3 is 1.64 bits per heavy atom. The highest BCUT2D eigenvalue weighted by atomic mass is 16.6. The molecular weight excluding hydrogens is 975 g/mol. The Labute approximate surface area is 417 Å². The first-order chi connectivity index (χ1) is 34.3. The highest BCUT2D eigenvalue weighted by Crippen LogP contribution is 2.20. The number of ketones is 1. The van der Waals surface area contributed by atoms with E-state index in [-0.39, 0.29) is 18.7 Å². The number of rotatable bonds is 27. The summed E-state index contributed by atoms with van der Waals surface area (Å²) in [7, 11) is 0. The number of aliphatic hydroxyl groups excluding tert-OH is 3. The number of aliphatic imine (C=N–C) groups is 1. The minimum atomic E-state index is -1.88. The van der Waals surface area contributed by atoms with Crippen LogP contribution in [0.15, 0.2) is 35.3 Å². The second-order valence-electron chi connectivity index (χ2n) is 16.9. The van der Waals surface area contributed by atoms with Crippen LogP contribution in [0, 0.1) is 0 Å². The molecule has 0 spiro atoms. The Kier molecular flexibility index (Phi) is 25.9. The summed E-state index contributed by atoms with van der Waals surface area (Å²) in [5.41, 5.74) is -0.579. The Bertz CT molecular complexity index is 2170. The van der Waals surface area contributed by atoms with E-state index in [9.17, 15) is 78.0 Å². The van der Waals surface area contributed by atoms with Gasteiger partial charge in [0.2, 0.25) is 53.2 Å². The Hall–Kier alpha value is -7.83. The highest BCUT2D eigenvalue weighted by Gasteiger charge is 2.45. The molecule has 1 heterocycles. The van der Waals surface area contributed by atoms with Gasteiger partial charge in [0.15, 0.2) is 12.8 Å². The molecule has 10 amide bonds. The van der Waals surface area contributed by atoms with E-state index in [1.807, 2.05) is 0 Å². The van der Waals surface area contributed by atoms with Crippen molar-refractivity contribution in [3.63, 3.8) is 0 Å². The van der Waals surface area contributed by atoms with E-state index in [4.69, 9.17) is 14.2 Å². The standard InChI is InChI=1S/C43H63N11O19/c1-22(56)13-44-29(59)14-45-30(60)15-46-31(61)16-47-32(62)17-48-33(63)18-49-35(65)21-71-41(69)26(11-24-9-7-6-8-10-24)52-34(64)19-50-39(68)25(53-42(70)73-43(3,4)5)12-28(58)54-40-36(51-23(2)57)38(67)37(66)27(20-55)72-40/h6-10,25-27,36-38,40,55,66-67H,11-21H2,1-5H3,(H,44,59)(H,45,60)(H,46,61)(H,47,62)(H,48,63)(H,49,65)(H,50,68)(H,51,57)(H,52,64)(H,53,70)(H,54,58)/p-1/t25?,26-,27?,36?,37-,38+,40+/m0/s1. The summed E-state index contributed by atoms with van der Waals surface area (Å²) in [5, 5.41) is 65.6. The third kappa shape index (κ3) is 25.2. The van der Waals surface area contributed by atoms with Gasteiger partial charge in [-0.25, -0.2) is 4.79 Å². The maximum atomic E-state index is 13.4. The van der Waals surface area contributed by atoms with Gasteiger partial charge in [-0.05, 0) is 12.5 Å². The molecule has 0 radical (unpaired) electrons. The van der Waals surface area contributed by atoms with Crippen LogP contribution in [-0.2, 0) is 78.2 Å². The molecule has 0 bridgehead atoms. The lowest BCUT2D eigenvalue weighted by Crippen LogP contribution is -2.68. The molecule has 1 aromatic carbocycles. The molecule has 404 valence electrons. The van der Waals surface area contributed by atoms with Crippen molar-refractivity contribution < 1.29 is 92.2 Å². The predicted octanol–water partition coefficient (Wildman–Crippen LogP) is -8.99. The normalized spacial score (nSPS) is 18.1. The second-order valence-corrected chi connectivity index (χ2v) is 16.9. The molecule has 7 atom stereocenters. The molecule has 1 aliphatic rings. The van der Waals surface area contributed by atoms with Crippen LogP contribution in [-0.4, -0.2) is 200 Å². The average molecular weight is 1040 g/mol. The maximum absolute atomic E-state index is 13.4. The average Bonchev–Trinajstić information content (AvgIpc) is 3.32. The van der Waals surface area contributed by atoms with E-state index in [0.717, 1.165) is 6.92 Å². The molecule has 2 rings (SSSR count). The van der Waals surface area contributed by atoms with Crippen LogP contribution in [0.2, 0.25) is 0 Å². The van der Waals surface area contributed by atoms with E-state index in [2.05, 4.69) is 58.2 Å². The van der Waals surface area contributed by atoms with Gasteiger partial charge in [-0.1, -0.05) is 51.1 Å². The van der Waals surface area contributed by atoms with Crippen LogP contribution in [0.4, 0.5) is 0 Å². The van der Waals surface area contributed by atoms with Crippen LogP contribution in [0.1, 0.15) is 46.6 Å². The van der Waals surface area contributed by atoms with E-state index < -0.39 is 178 Å². The lowest BCUT2D eigenvalue weighted by Gasteiger charge is -2.42. The molecule has 1 saturated heterocycles. The molecule has 1 aliphatic heterocycles. The molecular formula is C43H62N11O19-. The van der Waals surface area contributed by atoms with Crippen molar-refractivity contribution in [2.45, 2.75) is 95.7 Å². The SMILES string of the molecule is CC(=O)CNC(=O)CNC(=O)CNC(=O)CNC(=O)CNC(=O)CNC(=O)COC(=O)[C@H](Cc1ccccc1)NC(=O)CNC(=O)C(CC(=O)N[C@@H]1OC(CO)[C@H](O)[C@H](O)C1NC(C)=O)N=C([O-])OC(C)(C)C. The Morgan fingerprint density at radius 2 is 1.16 bits per heavy atom. The van der Waals surface area contributed by atoms with E-state index in [1.54, 1.807) is 30.3 Å². The van der Waals surface area contributed by atoms with Gasteiger partial charge in [-0.3, -0.25) is 57.7 Å². The smallest absolute Gasteiger partial charge is 0.329 e. The van der Waals surface area contributed by atoms with Crippen molar-refractivity contribution >= 4 is 76.9 Å². The predicted molar refractivity (Wildman–Crippen MR) is 245 cm³/mol. The Balaban J connectivity index is 1.96. The number of hydrogen-bond donors (Lipinski definition) is 13. The van der Waals surface area contributed by atoms with E-state index in [0.29, 0.717) is 5.56 Å². The molecule has 30 heteroatoms. The van der Waals surface area contributed by atoms with Gasteiger partial charge in [0, 0.05) is 18.9 Å². The van der Waals surface area contributed by atoms with Gasteiger partial charge in [0.05, 0.1) is 58.8 Å². The molecule has 30 nitrogen and oxygen atoms in total. The molecule has 73 heavy (non-hydrogen) atoms. The number of nitrogens with one attached hydrogen (secondary N) is 10. The molecule has 3 unspecified atom stereocenters. The minimum absolute atomic E-state index is 0.186. The third-order valence-corrected chi connectivity index (χ3v) is 9.37. The topological polar surface area (TPSA) is 449 Å². The number of nitrogens with zero attached hydrogens (tertiary/aromatic N) is 1. The van der Waals surface area contributed by atoms with Crippen LogP contribution < -0.4 is 58.3 Å². The lowest BCUT2D eigenvalue weighted by atomic mass is 9.95. The maximum Gasteiger partial charge on any atom is 0.329 e. The quantitative estimate of drug-likeness (QED) is 0.0221. The Morgan fingerprint density at radius 1 is 0.671 bits per heavy atom. The third-order valence-electron chi connectivity index (χ3n) is 9.37. The van der Waals surface area contributed by atoms with Gasteiger partial charge in [-0.2, -0.15) is 0 Å². The fraction of sp³-hybridized carbons (Fsp3) is 0.558. The highest BCUT2D eigenvalue weighted by molar-refractivity contribution is 5.95. The monoisotopic (exact) mass is 1040 g/mol. The number of carbonyl (C=O) groups excluding carboxylic acids is 12. The molecule has 1 aromatic rings. The first kappa shape index (κ1) is 61.3. The fourth-order valence-corrected chi connectivity index (χ4v) is 5.93. The van der Waals surface area contributed by atoms with Crippen molar-refractivity contribution in [2.24, 2.45) is 4.99 Å². The summed E-state index contributed by atoms with van der Waals surface area (Å²) in [5.74, 6) is -10.1. The summed E-state index contributed by atoms with van der Waals surface area (Å²) < 4.78 is 15.7. The molecule has 1 fully saturated rings. The number of ether oxygens (including phenoxy) is 3. The zero-order chi connectivity index (χ0) is 54.8. The largest absolute Gasteiger partial charge is 0.595 e. The number of Topliss-reactive ketones (excluding diaryl/α,β-unsaturated/α-hetero) is 1. The van der Waals surface area contributed by atoms with Crippen LogP contribution in [0.5, 0.6) is 0 Å². The van der Waals surface area contributed by atoms with Crippen molar-refractivity contribution in [1.29, 1.82) is 0 Å². The number of amides is 10. The summed E-state index contributed by atoms with van der Waals surface area (Å²) in [6.45, 7) is 1.11. The molecule has 0 saturated carbocycles. The zero-order valence-electron chi connectivity index (χ0n) is 40.5. The van der Waals surface area contributed by atoms with Gasteiger partial charge < -0.3 is 87.8 Å². The van der Waals surface area contributed by atoms with Crippen LogP contribution in [0.3, 0.4) is 0 Å². The van der Waals surface area contributed by atoms with Gasteiger partial charge in [0.1, 0.15) is 48.3 Å². The molecule has 0 aromatic heterocycles. The minimum Gasteiger partial charge on any atom is -0.595 e. The number of esters is 1. The lowest BCUT2D eigenvalue weighted by molar-refractivity contribution is -0.261. The zero-order valence-corrected chi connectivity index (χ0v) is 40.5. The van der Waals surface area contributed by atoms with Gasteiger partial charge in [0.25, 0.3) is 5.91 Å². The first-order valence-corrected chi connectivity index (χ1v) is 22.3. The first-order valence-electron chi connectivity index (χ1n) is 22.3. The fourth-order valence-electron chi connectivity index (χ4n) is 5.93. The number of hydrogen-bond acceptors (Lipinski definition) is 20. The number of carbonyl (C=O) groups is 12. The van der Waals surface area contributed by atoms with Crippen LogP contribution in [0.25, 0.3) is 0 Å². The van der Waals surface area contributed by atoms with Crippen molar-refractivity contribution in [3.8, 4) is 0 Å². The summed E-state index contributed by atoms with van der Waals surface area (Å²) >= 11 is 0.